The molecule has 4 aliphatic rings. The average molecular weight is 509 g/mol. The Balaban J connectivity index is 1.60. The molecule has 8 unspecified atom stereocenters. The van der Waals surface area contributed by atoms with Gasteiger partial charge in [0.15, 0.2) is 5.78 Å². The summed E-state index contributed by atoms with van der Waals surface area (Å²) in [4.78, 5) is 39.0. The topological polar surface area (TPSA) is 107 Å². The molecular formula is C30H40N2O5. The summed E-state index contributed by atoms with van der Waals surface area (Å²) in [6, 6.07) is -1.10. The van der Waals surface area contributed by atoms with E-state index in [-0.39, 0.29) is 24.4 Å². The number of hydrogen-bond acceptors (Lipinski definition) is 5. The van der Waals surface area contributed by atoms with Crippen LogP contribution in [0.25, 0.3) is 0 Å². The van der Waals surface area contributed by atoms with Crippen molar-refractivity contribution in [3.63, 3.8) is 0 Å². The summed E-state index contributed by atoms with van der Waals surface area (Å²) in [7, 11) is 1.43. The van der Waals surface area contributed by atoms with Gasteiger partial charge >= 0.3 is 0 Å². The summed E-state index contributed by atoms with van der Waals surface area (Å²) >= 11 is 0. The molecule has 2 aliphatic carbocycles. The van der Waals surface area contributed by atoms with Crippen LogP contribution in [0.3, 0.4) is 0 Å². The van der Waals surface area contributed by atoms with Crippen LogP contribution >= 0.6 is 0 Å². The Hall–Kier alpha value is -2.93. The Labute approximate surface area is 219 Å². The first kappa shape index (κ1) is 27.1. The minimum absolute atomic E-state index is 0.0968. The van der Waals surface area contributed by atoms with Gasteiger partial charge in [-0.2, -0.15) is 0 Å². The molecule has 200 valence electrons. The zero-order chi connectivity index (χ0) is 26.7. The van der Waals surface area contributed by atoms with Crippen molar-refractivity contribution in [3.8, 4) is 0 Å². The molecule has 0 spiro atoms. The maximum atomic E-state index is 12.9. The number of Topliss-reactive ketones (excluding diaryl/α,β-unsaturated/α-hetero) is 1. The Morgan fingerprint density at radius 2 is 1.84 bits per heavy atom. The van der Waals surface area contributed by atoms with E-state index in [1.807, 2.05) is 12.2 Å². The molecule has 3 fully saturated rings. The molecule has 0 aromatic rings. The number of aliphatic hydroxyl groups is 2. The van der Waals surface area contributed by atoms with Gasteiger partial charge in [0.25, 0.3) is 5.91 Å². The number of likely N-dealkylation sites (N-methyl/N-ethyl adjacent to an activating group) is 1. The number of carbonyl (C=O) groups is 3. The summed E-state index contributed by atoms with van der Waals surface area (Å²) < 4.78 is 0. The number of amides is 2. The van der Waals surface area contributed by atoms with Gasteiger partial charge in [0.1, 0.15) is 17.4 Å². The molecule has 0 aromatic carbocycles. The van der Waals surface area contributed by atoms with Crippen LogP contribution in [-0.2, 0) is 14.4 Å². The van der Waals surface area contributed by atoms with Gasteiger partial charge in [0, 0.05) is 19.7 Å². The fraction of sp³-hybridized carbons (Fsp3) is 0.567. The molecule has 8 atom stereocenters. The monoisotopic (exact) mass is 508 g/mol. The van der Waals surface area contributed by atoms with Gasteiger partial charge in [-0.1, -0.05) is 56.7 Å². The van der Waals surface area contributed by atoms with Crippen molar-refractivity contribution in [2.24, 2.45) is 35.5 Å². The van der Waals surface area contributed by atoms with Crippen molar-refractivity contribution in [2.45, 2.75) is 58.1 Å². The van der Waals surface area contributed by atoms with Crippen LogP contribution in [0.2, 0.25) is 0 Å². The van der Waals surface area contributed by atoms with Crippen molar-refractivity contribution in [2.75, 3.05) is 13.6 Å². The first-order chi connectivity index (χ1) is 17.7. The van der Waals surface area contributed by atoms with Crippen LogP contribution in [0, 0.1) is 35.5 Å². The second kappa shape index (κ2) is 11.6. The lowest BCUT2D eigenvalue weighted by molar-refractivity contribution is -0.128. The van der Waals surface area contributed by atoms with Crippen molar-refractivity contribution in [1.82, 2.24) is 10.2 Å². The van der Waals surface area contributed by atoms with Gasteiger partial charge in [-0.05, 0) is 67.3 Å². The molecule has 37 heavy (non-hydrogen) atoms. The number of aliphatic hydroxyl groups excluding tert-OH is 2. The number of fused-ring (bicyclic) bond motifs is 5. The molecule has 2 saturated carbocycles. The lowest BCUT2D eigenvalue weighted by Gasteiger charge is -2.27. The molecule has 2 bridgehead atoms. The second-order valence-electron chi connectivity index (χ2n) is 11.1. The number of nitrogens with one attached hydrogen (secondary N) is 1. The third-order valence-electron chi connectivity index (χ3n) is 9.10. The molecular weight excluding hydrogens is 468 g/mol. The van der Waals surface area contributed by atoms with Gasteiger partial charge in [0.2, 0.25) is 5.91 Å². The van der Waals surface area contributed by atoms with Crippen LogP contribution in [0.1, 0.15) is 46.0 Å². The number of allylic oxidation sites excluding steroid dienone is 7. The molecule has 2 heterocycles. The molecule has 0 aromatic heterocycles. The van der Waals surface area contributed by atoms with E-state index in [0.717, 1.165) is 23.2 Å². The molecule has 0 radical (unpaired) electrons. The predicted molar refractivity (Wildman–Crippen MR) is 142 cm³/mol. The van der Waals surface area contributed by atoms with Crippen LogP contribution < -0.4 is 5.32 Å². The van der Waals surface area contributed by atoms with Gasteiger partial charge < -0.3 is 20.4 Å². The first-order valence-electron chi connectivity index (χ1n) is 13.6. The zero-order valence-corrected chi connectivity index (χ0v) is 22.0. The first-order valence-corrected chi connectivity index (χ1v) is 13.6. The Kier molecular flexibility index (Phi) is 8.53. The molecule has 3 N–H and O–H groups in total. The summed E-state index contributed by atoms with van der Waals surface area (Å²) in [6.45, 7) is 4.84. The SMILES string of the molecule is CCC1CC2CC3/C=C\C=C\C(=O)NCCC(O)C4C(=O)C(=C(O)/C=C/C=C/CC3C2C1C)C(=O)N4C. The smallest absolute Gasteiger partial charge is 0.261 e. The lowest BCUT2D eigenvalue weighted by Crippen LogP contribution is -2.43. The van der Waals surface area contributed by atoms with Crippen LogP contribution in [0.4, 0.5) is 0 Å². The van der Waals surface area contributed by atoms with E-state index in [1.165, 1.54) is 38.5 Å². The van der Waals surface area contributed by atoms with Crippen molar-refractivity contribution in [1.29, 1.82) is 0 Å². The van der Waals surface area contributed by atoms with Crippen LogP contribution in [0.5, 0.6) is 0 Å². The van der Waals surface area contributed by atoms with E-state index >= 15 is 0 Å². The van der Waals surface area contributed by atoms with Gasteiger partial charge in [0.05, 0.1) is 6.10 Å². The largest absolute Gasteiger partial charge is 0.507 e. The van der Waals surface area contributed by atoms with Crippen molar-refractivity contribution >= 4 is 17.6 Å². The van der Waals surface area contributed by atoms with E-state index in [9.17, 15) is 24.6 Å². The standard InChI is InChI=1S/C30H40N2O5/c1-4-19-16-21-17-20-10-8-9-13-25(35)31-15-14-24(34)28-29(36)27(30(37)32(28)3)23(33)12-7-5-6-11-22(20)26(21)18(19)2/h5-10,12-13,18-22,24,26,28,33-34H,4,11,14-17H2,1-3H3,(H,31,35)/b6-5+,10-8-,12-7+,13-9+,27-23?. The highest BCUT2D eigenvalue weighted by Crippen LogP contribution is 2.57. The number of nitrogens with zero attached hydrogens (tertiary/aromatic N) is 1. The highest BCUT2D eigenvalue weighted by molar-refractivity contribution is 6.27. The van der Waals surface area contributed by atoms with E-state index in [4.69, 9.17) is 0 Å². The maximum absolute atomic E-state index is 12.9. The Bertz CT molecular complexity index is 1050. The third-order valence-corrected chi connectivity index (χ3v) is 9.10. The molecule has 2 amide bonds. The predicted octanol–water partition coefficient (Wildman–Crippen LogP) is 3.64. The fourth-order valence-electron chi connectivity index (χ4n) is 7.25. The summed E-state index contributed by atoms with van der Waals surface area (Å²) in [6.07, 6.45) is 18.0. The van der Waals surface area contributed by atoms with Crippen molar-refractivity contribution in [3.05, 3.63) is 59.9 Å². The minimum atomic E-state index is -1.17. The fourth-order valence-corrected chi connectivity index (χ4v) is 7.25. The molecule has 7 heteroatoms. The lowest BCUT2D eigenvalue weighted by atomic mass is 9.78. The summed E-state index contributed by atoms with van der Waals surface area (Å²) in [5.41, 5.74) is -0.313. The number of rotatable bonds is 1. The van der Waals surface area contributed by atoms with Gasteiger partial charge in [-0.25, -0.2) is 0 Å². The van der Waals surface area contributed by atoms with Gasteiger partial charge in [-0.15, -0.1) is 0 Å². The van der Waals surface area contributed by atoms with E-state index in [0.29, 0.717) is 23.7 Å². The number of ketones is 1. The number of likely N-dealkylation sites (tertiary alicyclic amines) is 1. The zero-order valence-electron chi connectivity index (χ0n) is 22.0. The van der Waals surface area contributed by atoms with E-state index in [2.05, 4.69) is 31.3 Å². The van der Waals surface area contributed by atoms with Crippen LogP contribution in [0.15, 0.2) is 59.9 Å². The minimum Gasteiger partial charge on any atom is -0.507 e. The highest BCUT2D eigenvalue weighted by atomic mass is 16.3. The van der Waals surface area contributed by atoms with Gasteiger partial charge in [-0.3, -0.25) is 14.4 Å². The maximum Gasteiger partial charge on any atom is 0.261 e. The third kappa shape index (κ3) is 5.52. The normalized spacial score (nSPS) is 40.6. The number of carbonyl (C=O) groups excluding carboxylic acids is 3. The summed E-state index contributed by atoms with van der Waals surface area (Å²) in [5, 5.41) is 23.8. The Morgan fingerprint density at radius 1 is 1.08 bits per heavy atom. The van der Waals surface area contributed by atoms with Crippen LogP contribution in [-0.4, -0.2) is 58.4 Å². The average Bonchev–Trinajstić information content (AvgIpc) is 3.43. The Morgan fingerprint density at radius 3 is 2.59 bits per heavy atom. The second-order valence-corrected chi connectivity index (χ2v) is 11.1. The number of hydrogen-bond donors (Lipinski definition) is 3. The molecule has 7 nitrogen and oxygen atoms in total. The highest BCUT2D eigenvalue weighted by Gasteiger charge is 2.50. The molecule has 4 rings (SSSR count). The van der Waals surface area contributed by atoms with E-state index < -0.39 is 29.6 Å². The van der Waals surface area contributed by atoms with E-state index in [1.54, 1.807) is 12.2 Å². The quantitative estimate of drug-likeness (QED) is 0.469. The molecule has 2 aliphatic heterocycles. The summed E-state index contributed by atoms with van der Waals surface area (Å²) in [5.74, 6) is 1.89. The molecule has 1 saturated heterocycles. The van der Waals surface area contributed by atoms with Crippen molar-refractivity contribution < 1.29 is 24.6 Å².